The molecule has 1 unspecified atom stereocenters. The van der Waals surface area contributed by atoms with Crippen LogP contribution in [0.4, 0.5) is 0 Å². The number of hydrogen-bond acceptors (Lipinski definition) is 3. The van der Waals surface area contributed by atoms with Gasteiger partial charge in [0.25, 0.3) is 0 Å². The summed E-state index contributed by atoms with van der Waals surface area (Å²) in [4.78, 5) is 18.4. The van der Waals surface area contributed by atoms with E-state index in [1.807, 2.05) is 28.8 Å². The first-order chi connectivity index (χ1) is 10.2. The Kier molecular flexibility index (Phi) is 4.06. The van der Waals surface area contributed by atoms with Crippen LogP contribution in [0, 0.1) is 0 Å². The van der Waals surface area contributed by atoms with Crippen molar-refractivity contribution in [1.29, 1.82) is 0 Å². The molecule has 0 saturated carbocycles. The van der Waals surface area contributed by atoms with Crippen LogP contribution in [0.5, 0.6) is 0 Å². The van der Waals surface area contributed by atoms with Crippen molar-refractivity contribution in [1.82, 2.24) is 14.3 Å². The van der Waals surface area contributed by atoms with Crippen LogP contribution in [-0.4, -0.2) is 39.2 Å². The molecule has 1 aliphatic rings. The number of carbonyl (C=O) groups excluding carboxylic acids is 1. The summed E-state index contributed by atoms with van der Waals surface area (Å²) in [5, 5.41) is 0. The highest BCUT2D eigenvalue weighted by molar-refractivity contribution is 5.73. The van der Waals surface area contributed by atoms with Gasteiger partial charge in [-0.2, -0.15) is 0 Å². The van der Waals surface area contributed by atoms with Crippen molar-refractivity contribution in [3.8, 4) is 0 Å². The van der Waals surface area contributed by atoms with Crippen LogP contribution in [0.3, 0.4) is 0 Å². The van der Waals surface area contributed by atoms with E-state index >= 15 is 0 Å². The Bertz CT molecular complexity index is 632. The molecule has 0 amide bonds. The standard InChI is InChI=1S/C17H23N3O/c1-13(2)19-9-4-3-6-15(19)10-14-11-20-16(12-21)7-5-8-17(20)18-14/h5,7-8,11-13,15H,3-4,6,9-10H2,1-2H3. The Hall–Kier alpha value is -1.68. The van der Waals surface area contributed by atoms with Gasteiger partial charge in [0.05, 0.1) is 11.4 Å². The first-order valence-corrected chi connectivity index (χ1v) is 7.87. The van der Waals surface area contributed by atoms with Crippen molar-refractivity contribution < 1.29 is 4.79 Å². The smallest absolute Gasteiger partial charge is 0.166 e. The van der Waals surface area contributed by atoms with Gasteiger partial charge in [0.15, 0.2) is 6.29 Å². The number of nitrogens with zero attached hydrogens (tertiary/aromatic N) is 3. The van der Waals surface area contributed by atoms with E-state index in [-0.39, 0.29) is 0 Å². The van der Waals surface area contributed by atoms with Crippen molar-refractivity contribution >= 4 is 11.9 Å². The molecular weight excluding hydrogens is 262 g/mol. The number of fused-ring (bicyclic) bond motifs is 1. The van der Waals surface area contributed by atoms with Crippen LogP contribution in [0.25, 0.3) is 5.65 Å². The van der Waals surface area contributed by atoms with Crippen molar-refractivity contribution in [2.45, 2.75) is 51.6 Å². The second-order valence-electron chi connectivity index (χ2n) is 6.21. The maximum absolute atomic E-state index is 11.1. The van der Waals surface area contributed by atoms with Crippen LogP contribution in [-0.2, 0) is 6.42 Å². The molecule has 4 nitrogen and oxygen atoms in total. The van der Waals surface area contributed by atoms with Crippen molar-refractivity contribution in [3.63, 3.8) is 0 Å². The Morgan fingerprint density at radius 2 is 2.24 bits per heavy atom. The molecule has 0 N–H and O–H groups in total. The Morgan fingerprint density at radius 1 is 1.38 bits per heavy atom. The van der Waals surface area contributed by atoms with Gasteiger partial charge in [-0.05, 0) is 45.4 Å². The molecule has 0 radical (unpaired) electrons. The molecule has 112 valence electrons. The highest BCUT2D eigenvalue weighted by atomic mass is 16.1. The van der Waals surface area contributed by atoms with E-state index in [0.717, 1.165) is 24.0 Å². The number of imidazole rings is 1. The maximum Gasteiger partial charge on any atom is 0.166 e. The van der Waals surface area contributed by atoms with Gasteiger partial charge in [0, 0.05) is 24.7 Å². The van der Waals surface area contributed by atoms with Crippen molar-refractivity contribution in [2.24, 2.45) is 0 Å². The molecule has 2 aromatic heterocycles. The molecule has 2 aromatic rings. The number of carbonyl (C=O) groups is 1. The van der Waals surface area contributed by atoms with Gasteiger partial charge in [-0.3, -0.25) is 14.1 Å². The lowest BCUT2D eigenvalue weighted by Crippen LogP contribution is -2.45. The number of rotatable bonds is 4. The zero-order chi connectivity index (χ0) is 14.8. The average Bonchev–Trinajstić information content (AvgIpc) is 2.89. The second kappa shape index (κ2) is 5.98. The van der Waals surface area contributed by atoms with Crippen LogP contribution in [0.1, 0.15) is 49.3 Å². The second-order valence-corrected chi connectivity index (χ2v) is 6.21. The predicted octanol–water partition coefficient (Wildman–Crippen LogP) is 2.95. The third-order valence-electron chi connectivity index (χ3n) is 4.48. The fraction of sp³-hybridized carbons (Fsp3) is 0.529. The Morgan fingerprint density at radius 3 is 3.00 bits per heavy atom. The molecule has 3 rings (SSSR count). The van der Waals surface area contributed by atoms with Gasteiger partial charge in [0.2, 0.25) is 0 Å². The molecule has 0 aliphatic carbocycles. The molecule has 0 bridgehead atoms. The minimum Gasteiger partial charge on any atom is -0.298 e. The van der Waals surface area contributed by atoms with E-state index in [9.17, 15) is 4.79 Å². The molecule has 0 spiro atoms. The van der Waals surface area contributed by atoms with E-state index in [4.69, 9.17) is 0 Å². The van der Waals surface area contributed by atoms with Crippen LogP contribution in [0.2, 0.25) is 0 Å². The van der Waals surface area contributed by atoms with Gasteiger partial charge in [-0.1, -0.05) is 12.5 Å². The highest BCUT2D eigenvalue weighted by Crippen LogP contribution is 2.23. The van der Waals surface area contributed by atoms with E-state index in [2.05, 4.69) is 23.7 Å². The zero-order valence-corrected chi connectivity index (χ0v) is 12.8. The van der Waals surface area contributed by atoms with E-state index in [1.165, 1.54) is 25.8 Å². The minimum absolute atomic E-state index is 0.573. The third kappa shape index (κ3) is 2.86. The summed E-state index contributed by atoms with van der Waals surface area (Å²) >= 11 is 0. The number of piperidine rings is 1. The predicted molar refractivity (Wildman–Crippen MR) is 83.8 cm³/mol. The number of likely N-dealkylation sites (tertiary alicyclic amines) is 1. The molecule has 0 aromatic carbocycles. The van der Waals surface area contributed by atoms with Crippen molar-refractivity contribution in [2.75, 3.05) is 6.54 Å². The first-order valence-electron chi connectivity index (χ1n) is 7.87. The first kappa shape index (κ1) is 14.3. The van der Waals surface area contributed by atoms with Gasteiger partial charge in [-0.15, -0.1) is 0 Å². The summed E-state index contributed by atoms with van der Waals surface area (Å²) in [6.45, 7) is 5.73. The summed E-state index contributed by atoms with van der Waals surface area (Å²) in [6, 6.07) is 6.82. The Labute approximate surface area is 125 Å². The molecule has 1 atom stereocenters. The SMILES string of the molecule is CC(C)N1CCCCC1Cc1cn2c(C=O)cccc2n1. The zero-order valence-electron chi connectivity index (χ0n) is 12.8. The number of aldehydes is 1. The highest BCUT2D eigenvalue weighted by Gasteiger charge is 2.25. The van der Waals surface area contributed by atoms with Gasteiger partial charge in [-0.25, -0.2) is 4.98 Å². The molecule has 1 fully saturated rings. The van der Waals surface area contributed by atoms with E-state index < -0.39 is 0 Å². The maximum atomic E-state index is 11.1. The fourth-order valence-electron chi connectivity index (χ4n) is 3.44. The van der Waals surface area contributed by atoms with Crippen LogP contribution in [0.15, 0.2) is 24.4 Å². The van der Waals surface area contributed by atoms with Gasteiger partial charge < -0.3 is 0 Å². The molecule has 1 saturated heterocycles. The fourth-order valence-corrected chi connectivity index (χ4v) is 3.44. The normalized spacial score (nSPS) is 20.2. The quantitative estimate of drug-likeness (QED) is 0.811. The van der Waals surface area contributed by atoms with E-state index in [1.54, 1.807) is 0 Å². The van der Waals surface area contributed by atoms with Gasteiger partial charge in [0.1, 0.15) is 5.65 Å². The monoisotopic (exact) mass is 285 g/mol. The lowest BCUT2D eigenvalue weighted by molar-refractivity contribution is 0.111. The molecule has 3 heterocycles. The molecule has 4 heteroatoms. The van der Waals surface area contributed by atoms with Gasteiger partial charge >= 0.3 is 0 Å². The van der Waals surface area contributed by atoms with E-state index in [0.29, 0.717) is 17.8 Å². The summed E-state index contributed by atoms with van der Waals surface area (Å²) in [6.07, 6.45) is 7.73. The summed E-state index contributed by atoms with van der Waals surface area (Å²) in [7, 11) is 0. The van der Waals surface area contributed by atoms with Crippen molar-refractivity contribution in [3.05, 3.63) is 35.8 Å². The molecular formula is C17H23N3O. The number of hydrogen-bond donors (Lipinski definition) is 0. The number of aromatic nitrogens is 2. The van der Waals surface area contributed by atoms with Crippen LogP contribution < -0.4 is 0 Å². The molecule has 1 aliphatic heterocycles. The lowest BCUT2D eigenvalue weighted by Gasteiger charge is -2.38. The average molecular weight is 285 g/mol. The minimum atomic E-state index is 0.573. The van der Waals surface area contributed by atoms with Crippen LogP contribution >= 0.6 is 0 Å². The summed E-state index contributed by atoms with van der Waals surface area (Å²) in [5.41, 5.74) is 2.61. The topological polar surface area (TPSA) is 37.6 Å². The Balaban J connectivity index is 1.85. The lowest BCUT2D eigenvalue weighted by atomic mass is 9.97. The molecule has 21 heavy (non-hydrogen) atoms. The number of pyridine rings is 1. The summed E-state index contributed by atoms with van der Waals surface area (Å²) < 4.78 is 1.89. The largest absolute Gasteiger partial charge is 0.298 e. The third-order valence-corrected chi connectivity index (χ3v) is 4.48. The summed E-state index contributed by atoms with van der Waals surface area (Å²) in [5.74, 6) is 0.